The van der Waals surface area contributed by atoms with Gasteiger partial charge >= 0.3 is 59.7 Å². The second-order valence-electron chi connectivity index (χ2n) is 1.57. The molecule has 1 nitrogen and oxygen atoms in total. The molecule has 44 valence electrons. The van der Waals surface area contributed by atoms with Crippen LogP contribution in [0.15, 0.2) is 4.79 Å². The first kappa shape index (κ1) is 6.57. The van der Waals surface area contributed by atoms with Crippen LogP contribution in [-0.2, 0) is 0 Å². The van der Waals surface area contributed by atoms with Crippen molar-refractivity contribution in [2.45, 2.75) is 13.8 Å². The van der Waals surface area contributed by atoms with E-state index >= 15 is 0 Å². The molecule has 0 aliphatic rings. The first-order chi connectivity index (χ1) is 3.70. The van der Waals surface area contributed by atoms with Crippen LogP contribution in [0.1, 0.15) is 8.87 Å². The van der Waals surface area contributed by atoms with Gasteiger partial charge in [0.15, 0.2) is 0 Å². The first-order valence-corrected chi connectivity index (χ1v) is 5.70. The summed E-state index contributed by atoms with van der Waals surface area (Å²) in [5.41, 5.74) is 0. The quantitative estimate of drug-likeness (QED) is 0.573. The maximum absolute atomic E-state index is 10.7. The molecule has 0 fully saturated rings. The minimum absolute atomic E-state index is 0.226. The van der Waals surface area contributed by atoms with Crippen molar-refractivity contribution in [3.05, 3.63) is 16.8 Å². The zero-order chi connectivity index (χ0) is 6.15. The molecule has 1 heterocycles. The summed E-state index contributed by atoms with van der Waals surface area (Å²) < 4.78 is 3.23. The molecule has 3 heteroatoms. The number of rotatable bonds is 0. The molecule has 1 aromatic rings. The molecule has 0 N–H and O–H groups in total. The third-order valence-corrected chi connectivity index (χ3v) is 6.71. The SMILES string of the molecule is Cc1[se]c(=O)[se]c1C. The van der Waals surface area contributed by atoms with Crippen molar-refractivity contribution in [3.8, 4) is 0 Å². The van der Waals surface area contributed by atoms with E-state index in [-0.39, 0.29) is 29.0 Å². The molecule has 0 saturated heterocycles. The zero-order valence-electron chi connectivity index (χ0n) is 4.72. The van der Waals surface area contributed by atoms with Crippen molar-refractivity contribution < 1.29 is 0 Å². The summed E-state index contributed by atoms with van der Waals surface area (Å²) >= 11 is 0.453. The Labute approximate surface area is 59.8 Å². The van der Waals surface area contributed by atoms with Crippen molar-refractivity contribution in [1.82, 2.24) is 0 Å². The van der Waals surface area contributed by atoms with E-state index in [9.17, 15) is 4.79 Å². The van der Waals surface area contributed by atoms with Crippen LogP contribution in [0.25, 0.3) is 0 Å². The Morgan fingerprint density at radius 3 is 1.62 bits per heavy atom. The fourth-order valence-corrected chi connectivity index (χ4v) is 6.24. The van der Waals surface area contributed by atoms with Crippen LogP contribution >= 0.6 is 0 Å². The Kier molecular flexibility index (Phi) is 1.94. The predicted octanol–water partition coefficient (Wildman–Crippen LogP) is -0.222. The Morgan fingerprint density at radius 1 is 1.12 bits per heavy atom. The van der Waals surface area contributed by atoms with Crippen LogP contribution in [0.4, 0.5) is 0 Å². The molecule has 0 aliphatic carbocycles. The molecule has 0 unspecified atom stereocenters. The van der Waals surface area contributed by atoms with Crippen LogP contribution in [0.2, 0.25) is 0 Å². The fourth-order valence-electron chi connectivity index (χ4n) is 0.415. The molecule has 0 saturated carbocycles. The maximum atomic E-state index is 10.7. The van der Waals surface area contributed by atoms with Crippen molar-refractivity contribution in [1.29, 1.82) is 0 Å². The van der Waals surface area contributed by atoms with Crippen LogP contribution < -0.4 is 3.18 Å². The van der Waals surface area contributed by atoms with Crippen molar-refractivity contribution in [2.24, 2.45) is 0 Å². The van der Waals surface area contributed by atoms with Gasteiger partial charge in [-0.2, -0.15) is 0 Å². The van der Waals surface area contributed by atoms with Gasteiger partial charge in [0.2, 0.25) is 0 Å². The summed E-state index contributed by atoms with van der Waals surface area (Å²) in [5, 5.41) is 0. The topological polar surface area (TPSA) is 17.1 Å². The molecule has 0 atom stereocenters. The predicted molar refractivity (Wildman–Crippen MR) is 36.1 cm³/mol. The van der Waals surface area contributed by atoms with E-state index in [1.807, 2.05) is 0 Å². The van der Waals surface area contributed by atoms with Crippen molar-refractivity contribution in [2.75, 3.05) is 0 Å². The van der Waals surface area contributed by atoms with Gasteiger partial charge in [-0.3, -0.25) is 0 Å². The van der Waals surface area contributed by atoms with Gasteiger partial charge in [-0.1, -0.05) is 0 Å². The van der Waals surface area contributed by atoms with Gasteiger partial charge in [-0.05, 0) is 0 Å². The summed E-state index contributed by atoms with van der Waals surface area (Å²) in [6, 6.07) is 0. The summed E-state index contributed by atoms with van der Waals surface area (Å²) in [7, 11) is 0. The summed E-state index contributed by atoms with van der Waals surface area (Å²) in [6.07, 6.45) is 0. The van der Waals surface area contributed by atoms with Gasteiger partial charge in [0.05, 0.1) is 0 Å². The number of aryl methyl sites for hydroxylation is 2. The van der Waals surface area contributed by atoms with E-state index in [1.54, 1.807) is 0 Å². The third-order valence-electron chi connectivity index (χ3n) is 0.969. The van der Waals surface area contributed by atoms with Gasteiger partial charge < -0.3 is 0 Å². The van der Waals surface area contributed by atoms with Crippen LogP contribution in [0.5, 0.6) is 0 Å². The van der Waals surface area contributed by atoms with Crippen molar-refractivity contribution in [3.63, 3.8) is 0 Å². The zero-order valence-corrected chi connectivity index (χ0v) is 8.15. The van der Waals surface area contributed by atoms with E-state index in [4.69, 9.17) is 0 Å². The molecule has 1 aromatic heterocycles. The Hall–Kier alpha value is 0.449. The fraction of sp³-hybridized carbons (Fsp3) is 0.400. The van der Waals surface area contributed by atoms with Gasteiger partial charge in [0.25, 0.3) is 0 Å². The van der Waals surface area contributed by atoms with Crippen LogP contribution in [0, 0.1) is 13.8 Å². The van der Waals surface area contributed by atoms with E-state index in [0.717, 1.165) is 0 Å². The van der Waals surface area contributed by atoms with E-state index in [2.05, 4.69) is 13.8 Å². The van der Waals surface area contributed by atoms with Crippen LogP contribution in [0.3, 0.4) is 0 Å². The summed E-state index contributed by atoms with van der Waals surface area (Å²) in [6.45, 7) is 4.14. The monoisotopic (exact) mass is 242 g/mol. The Morgan fingerprint density at radius 2 is 1.50 bits per heavy atom. The summed E-state index contributed by atoms with van der Waals surface area (Å²) in [4.78, 5) is 10.7. The number of hydrogen-bond acceptors (Lipinski definition) is 1. The average Bonchev–Trinajstić information content (AvgIpc) is 1.85. The molecule has 0 aliphatic heterocycles. The minimum atomic E-state index is 0.226. The molecule has 0 aromatic carbocycles. The van der Waals surface area contributed by atoms with Crippen LogP contribution in [-0.4, -0.2) is 29.0 Å². The molecule has 8 heavy (non-hydrogen) atoms. The standard InChI is InChI=1S/C5H6OSe2/c1-3-4(2)8-5(6)7-3/h1-2H3. The normalized spacial score (nSPS) is 9.75. The van der Waals surface area contributed by atoms with Gasteiger partial charge in [-0.25, -0.2) is 0 Å². The molecule has 0 bridgehead atoms. The summed E-state index contributed by atoms with van der Waals surface area (Å²) in [5.74, 6) is 0. The van der Waals surface area contributed by atoms with E-state index < -0.39 is 0 Å². The Bertz CT molecular complexity index is 210. The second-order valence-corrected chi connectivity index (χ2v) is 7.86. The molecule has 0 amide bonds. The van der Waals surface area contributed by atoms with Gasteiger partial charge in [0.1, 0.15) is 0 Å². The van der Waals surface area contributed by atoms with Gasteiger partial charge in [-0.15, -0.1) is 0 Å². The Balaban J connectivity index is 3.35. The molecule has 0 spiro atoms. The van der Waals surface area contributed by atoms with E-state index in [1.165, 1.54) is 8.87 Å². The molecular formula is C5H6OSe2. The second kappa shape index (κ2) is 2.36. The third kappa shape index (κ3) is 1.24. The van der Waals surface area contributed by atoms with E-state index in [0.29, 0.717) is 3.18 Å². The van der Waals surface area contributed by atoms with Gasteiger partial charge in [0, 0.05) is 0 Å². The average molecular weight is 240 g/mol. The molecule has 1 rings (SSSR count). The van der Waals surface area contributed by atoms with Crippen molar-refractivity contribution >= 4 is 29.0 Å². The molecule has 0 radical (unpaired) electrons. The first-order valence-electron chi connectivity index (χ1n) is 2.27. The number of hydrogen-bond donors (Lipinski definition) is 0. The molecular weight excluding hydrogens is 234 g/mol.